The second kappa shape index (κ2) is 6.10. The number of fused-ring (bicyclic) bond motifs is 1. The van der Waals surface area contributed by atoms with Gasteiger partial charge in [0.1, 0.15) is 5.75 Å². The summed E-state index contributed by atoms with van der Waals surface area (Å²) in [6.45, 7) is 4.81. The third-order valence-electron chi connectivity index (χ3n) is 3.17. The Morgan fingerprint density at radius 1 is 1.11 bits per heavy atom. The van der Waals surface area contributed by atoms with Crippen molar-refractivity contribution >= 4 is 22.4 Å². The van der Waals surface area contributed by atoms with Crippen molar-refractivity contribution in [2.45, 2.75) is 32.1 Å². The minimum Gasteiger partial charge on any atom is -0.494 e. The summed E-state index contributed by atoms with van der Waals surface area (Å²) < 4.78 is 5.73. The van der Waals surface area contributed by atoms with Crippen molar-refractivity contribution in [2.75, 3.05) is 6.61 Å². The number of ether oxygens (including phenoxy) is 1. The Balaban J connectivity index is 2.51. The molecule has 18 heavy (non-hydrogen) atoms. The van der Waals surface area contributed by atoms with Crippen molar-refractivity contribution < 1.29 is 4.74 Å². The first-order valence-corrected chi connectivity index (χ1v) is 6.97. The van der Waals surface area contributed by atoms with Gasteiger partial charge in [0.25, 0.3) is 0 Å². The van der Waals surface area contributed by atoms with E-state index in [9.17, 15) is 0 Å². The average molecular weight is 263 g/mol. The highest BCUT2D eigenvalue weighted by molar-refractivity contribution is 6.20. The molecule has 2 heteroatoms. The topological polar surface area (TPSA) is 9.23 Å². The van der Waals surface area contributed by atoms with E-state index in [0.29, 0.717) is 6.61 Å². The van der Waals surface area contributed by atoms with Gasteiger partial charge in [-0.05, 0) is 36.6 Å². The van der Waals surface area contributed by atoms with Crippen molar-refractivity contribution in [3.8, 4) is 5.75 Å². The molecular weight excluding hydrogens is 244 g/mol. The second-order valence-electron chi connectivity index (χ2n) is 4.41. The molecule has 0 bridgehead atoms. The number of halogens is 1. The van der Waals surface area contributed by atoms with Crippen LogP contribution in [-0.2, 0) is 6.42 Å². The smallest absolute Gasteiger partial charge is 0.123 e. The summed E-state index contributed by atoms with van der Waals surface area (Å²) in [6, 6.07) is 12.6. The van der Waals surface area contributed by atoms with Crippen molar-refractivity contribution in [2.24, 2.45) is 0 Å². The summed E-state index contributed by atoms with van der Waals surface area (Å²) >= 11 is 6.32. The quantitative estimate of drug-likeness (QED) is 0.704. The lowest BCUT2D eigenvalue weighted by Gasteiger charge is -2.15. The maximum atomic E-state index is 6.32. The van der Waals surface area contributed by atoms with Crippen LogP contribution in [0.15, 0.2) is 36.4 Å². The van der Waals surface area contributed by atoms with Gasteiger partial charge in [0.2, 0.25) is 0 Å². The predicted octanol–water partition coefficient (Wildman–Crippen LogP) is 4.80. The van der Waals surface area contributed by atoms with Crippen molar-refractivity contribution in [1.82, 2.24) is 0 Å². The van der Waals surface area contributed by atoms with Crippen LogP contribution in [0.3, 0.4) is 0 Å². The molecule has 0 heterocycles. The highest BCUT2D eigenvalue weighted by Crippen LogP contribution is 2.30. The molecule has 1 unspecified atom stereocenters. The van der Waals surface area contributed by atoms with Crippen LogP contribution in [0.5, 0.6) is 5.75 Å². The Morgan fingerprint density at radius 3 is 2.61 bits per heavy atom. The van der Waals surface area contributed by atoms with Crippen LogP contribution in [0.1, 0.15) is 25.8 Å². The summed E-state index contributed by atoms with van der Waals surface area (Å²) in [5.74, 6) is 0.968. The van der Waals surface area contributed by atoms with Crippen LogP contribution in [0, 0.1) is 0 Å². The van der Waals surface area contributed by atoms with Gasteiger partial charge in [-0.2, -0.15) is 0 Å². The monoisotopic (exact) mass is 262 g/mol. The zero-order chi connectivity index (χ0) is 13.0. The molecule has 0 aliphatic carbocycles. The van der Waals surface area contributed by atoms with Gasteiger partial charge in [0.05, 0.1) is 6.61 Å². The molecular formula is C16H19ClO. The molecule has 0 fully saturated rings. The lowest BCUT2D eigenvalue weighted by atomic mass is 9.99. The number of rotatable bonds is 5. The Hall–Kier alpha value is -1.21. The summed E-state index contributed by atoms with van der Waals surface area (Å²) in [5, 5.41) is 2.66. The third kappa shape index (κ3) is 2.78. The largest absolute Gasteiger partial charge is 0.494 e. The molecule has 0 spiro atoms. The fraction of sp³-hybridized carbons (Fsp3) is 0.375. The molecule has 0 aliphatic heterocycles. The fourth-order valence-electron chi connectivity index (χ4n) is 2.18. The minimum absolute atomic E-state index is 0.162. The molecule has 0 saturated carbocycles. The summed E-state index contributed by atoms with van der Waals surface area (Å²) in [5.41, 5.74) is 1.23. The Labute approximate surface area is 114 Å². The first-order valence-electron chi connectivity index (χ1n) is 6.53. The lowest BCUT2D eigenvalue weighted by Crippen LogP contribution is -2.05. The minimum atomic E-state index is 0.162. The molecule has 2 aromatic carbocycles. The SMILES string of the molecule is CCOc1ccc2ccccc2c1CC(Cl)CC. The number of hydrogen-bond donors (Lipinski definition) is 0. The molecule has 1 atom stereocenters. The highest BCUT2D eigenvalue weighted by atomic mass is 35.5. The van der Waals surface area contributed by atoms with E-state index in [1.807, 2.05) is 6.92 Å². The average Bonchev–Trinajstić information content (AvgIpc) is 2.41. The van der Waals surface area contributed by atoms with E-state index in [1.54, 1.807) is 0 Å². The van der Waals surface area contributed by atoms with Gasteiger partial charge in [-0.15, -0.1) is 11.6 Å². The van der Waals surface area contributed by atoms with Gasteiger partial charge in [-0.1, -0.05) is 37.3 Å². The number of alkyl halides is 1. The molecule has 0 amide bonds. The van der Waals surface area contributed by atoms with E-state index in [2.05, 4.69) is 43.3 Å². The molecule has 0 N–H and O–H groups in total. The maximum absolute atomic E-state index is 6.32. The Kier molecular flexibility index (Phi) is 4.48. The van der Waals surface area contributed by atoms with Crippen LogP contribution >= 0.6 is 11.6 Å². The zero-order valence-corrected chi connectivity index (χ0v) is 11.7. The van der Waals surface area contributed by atoms with E-state index >= 15 is 0 Å². The van der Waals surface area contributed by atoms with Crippen LogP contribution in [-0.4, -0.2) is 12.0 Å². The molecule has 0 aliphatic rings. The predicted molar refractivity (Wildman–Crippen MR) is 78.8 cm³/mol. The van der Waals surface area contributed by atoms with E-state index in [-0.39, 0.29) is 5.38 Å². The van der Waals surface area contributed by atoms with Gasteiger partial charge in [-0.3, -0.25) is 0 Å². The normalized spacial score (nSPS) is 12.6. The molecule has 96 valence electrons. The number of benzene rings is 2. The molecule has 1 nitrogen and oxygen atoms in total. The van der Waals surface area contributed by atoms with Crippen LogP contribution in [0.25, 0.3) is 10.8 Å². The van der Waals surface area contributed by atoms with E-state index in [4.69, 9.17) is 16.3 Å². The van der Waals surface area contributed by atoms with Gasteiger partial charge >= 0.3 is 0 Å². The van der Waals surface area contributed by atoms with Crippen LogP contribution in [0.2, 0.25) is 0 Å². The zero-order valence-electron chi connectivity index (χ0n) is 10.9. The first kappa shape index (κ1) is 13.2. The second-order valence-corrected chi connectivity index (χ2v) is 5.02. The first-order chi connectivity index (χ1) is 8.76. The Bertz CT molecular complexity index is 521. The van der Waals surface area contributed by atoms with Crippen molar-refractivity contribution in [1.29, 1.82) is 0 Å². The molecule has 0 radical (unpaired) electrons. The van der Waals surface area contributed by atoms with Crippen LogP contribution < -0.4 is 4.74 Å². The Morgan fingerprint density at radius 2 is 1.89 bits per heavy atom. The van der Waals surface area contributed by atoms with Gasteiger partial charge in [0, 0.05) is 10.9 Å². The molecule has 0 aromatic heterocycles. The third-order valence-corrected chi connectivity index (χ3v) is 3.63. The molecule has 2 aromatic rings. The van der Waals surface area contributed by atoms with Gasteiger partial charge < -0.3 is 4.74 Å². The summed E-state index contributed by atoms with van der Waals surface area (Å²) in [7, 11) is 0. The van der Waals surface area contributed by atoms with E-state index in [0.717, 1.165) is 18.6 Å². The molecule has 0 saturated heterocycles. The lowest BCUT2D eigenvalue weighted by molar-refractivity contribution is 0.337. The number of hydrogen-bond acceptors (Lipinski definition) is 1. The molecule has 2 rings (SSSR count). The highest BCUT2D eigenvalue weighted by Gasteiger charge is 2.12. The summed E-state index contributed by atoms with van der Waals surface area (Å²) in [4.78, 5) is 0. The summed E-state index contributed by atoms with van der Waals surface area (Å²) in [6.07, 6.45) is 1.82. The van der Waals surface area contributed by atoms with E-state index in [1.165, 1.54) is 16.3 Å². The van der Waals surface area contributed by atoms with E-state index < -0.39 is 0 Å². The maximum Gasteiger partial charge on any atom is 0.123 e. The van der Waals surface area contributed by atoms with Crippen molar-refractivity contribution in [3.63, 3.8) is 0 Å². The standard InChI is InChI=1S/C16H19ClO/c1-3-13(17)11-15-14-8-6-5-7-12(14)9-10-16(15)18-4-2/h5-10,13H,3-4,11H2,1-2H3. The van der Waals surface area contributed by atoms with Crippen molar-refractivity contribution in [3.05, 3.63) is 42.0 Å². The van der Waals surface area contributed by atoms with Gasteiger partial charge in [0.15, 0.2) is 0 Å². The van der Waals surface area contributed by atoms with Gasteiger partial charge in [-0.25, -0.2) is 0 Å². The van der Waals surface area contributed by atoms with Crippen LogP contribution in [0.4, 0.5) is 0 Å². The fourth-order valence-corrected chi connectivity index (χ4v) is 2.34.